The smallest absolute Gasteiger partial charge is 0.375 e. The highest BCUT2D eigenvalue weighted by Gasteiger charge is 2.24. The van der Waals surface area contributed by atoms with Gasteiger partial charge < -0.3 is 9.80 Å². The SMILES string of the molecule is CC/C(=C(/C=C/C(F)(F)F)\C=C(/C/C=C/C(F)(F)F)N1CCCCC1)N1CCCCC1. The zero-order valence-electron chi connectivity index (χ0n) is 18.0. The van der Waals surface area contributed by atoms with E-state index in [0.29, 0.717) is 30.8 Å². The molecule has 0 spiro atoms. The molecule has 8 heteroatoms. The van der Waals surface area contributed by atoms with E-state index in [1.54, 1.807) is 6.08 Å². The molecule has 0 unspecified atom stereocenters. The molecule has 2 rings (SSSR count). The minimum absolute atomic E-state index is 0.0276. The van der Waals surface area contributed by atoms with Crippen molar-refractivity contribution < 1.29 is 26.3 Å². The largest absolute Gasteiger partial charge is 0.409 e. The molecule has 0 atom stereocenters. The second kappa shape index (κ2) is 11.7. The number of alkyl halides is 6. The van der Waals surface area contributed by atoms with E-state index in [4.69, 9.17) is 0 Å². The fourth-order valence-corrected chi connectivity index (χ4v) is 4.14. The first-order valence-corrected chi connectivity index (χ1v) is 11.0. The molecule has 2 nitrogen and oxygen atoms in total. The average Bonchev–Trinajstić information content (AvgIpc) is 2.71. The van der Waals surface area contributed by atoms with Crippen molar-refractivity contribution in [1.82, 2.24) is 9.80 Å². The van der Waals surface area contributed by atoms with E-state index in [9.17, 15) is 26.3 Å². The van der Waals surface area contributed by atoms with Gasteiger partial charge in [0.25, 0.3) is 0 Å². The maximum Gasteiger partial charge on any atom is 0.409 e. The van der Waals surface area contributed by atoms with Gasteiger partial charge in [0.1, 0.15) is 0 Å². The van der Waals surface area contributed by atoms with Gasteiger partial charge in [-0.05, 0) is 62.7 Å². The van der Waals surface area contributed by atoms with E-state index in [0.717, 1.165) is 69.5 Å². The molecule has 0 aliphatic carbocycles. The lowest BCUT2D eigenvalue weighted by Crippen LogP contribution is -2.30. The Morgan fingerprint density at radius 2 is 1.26 bits per heavy atom. The first-order chi connectivity index (χ1) is 14.6. The summed E-state index contributed by atoms with van der Waals surface area (Å²) in [6.45, 7) is 4.88. The monoisotopic (exact) mass is 450 g/mol. The van der Waals surface area contributed by atoms with Crippen molar-refractivity contribution in [2.75, 3.05) is 26.2 Å². The molecule has 0 radical (unpaired) electrons. The van der Waals surface area contributed by atoms with Crippen molar-refractivity contribution in [3.63, 3.8) is 0 Å². The number of halogens is 6. The molecule has 2 heterocycles. The third-order valence-corrected chi connectivity index (χ3v) is 5.58. The van der Waals surface area contributed by atoms with E-state index in [2.05, 4.69) is 4.90 Å². The van der Waals surface area contributed by atoms with Gasteiger partial charge in [0, 0.05) is 56.1 Å². The second-order valence-electron chi connectivity index (χ2n) is 8.01. The Morgan fingerprint density at radius 3 is 1.74 bits per heavy atom. The summed E-state index contributed by atoms with van der Waals surface area (Å²) in [5, 5.41) is 0. The standard InChI is InChI=1S/C23H32F6N2/c1-2-21(31-16-7-4-8-17-31)19(11-13-23(27,28)29)18-20(10-9-12-22(24,25)26)30-14-5-3-6-15-30/h9,11-13,18H,2-8,10,14-17H2,1H3/b12-9+,13-11+,20-18+,21-19+. The fourth-order valence-electron chi connectivity index (χ4n) is 4.14. The van der Waals surface area contributed by atoms with E-state index >= 15 is 0 Å². The van der Waals surface area contributed by atoms with Crippen LogP contribution >= 0.6 is 0 Å². The molecule has 176 valence electrons. The molecule has 0 amide bonds. The molecule has 0 aromatic heterocycles. The van der Waals surface area contributed by atoms with Crippen LogP contribution < -0.4 is 0 Å². The lowest BCUT2D eigenvalue weighted by Gasteiger charge is -2.33. The number of rotatable bonds is 7. The van der Waals surface area contributed by atoms with Crippen molar-refractivity contribution in [3.8, 4) is 0 Å². The average molecular weight is 451 g/mol. The molecule has 31 heavy (non-hydrogen) atoms. The van der Waals surface area contributed by atoms with E-state index in [-0.39, 0.29) is 18.6 Å². The highest BCUT2D eigenvalue weighted by atomic mass is 19.4. The molecule has 2 aliphatic heterocycles. The second-order valence-corrected chi connectivity index (χ2v) is 8.01. The zero-order chi connectivity index (χ0) is 22.9. The summed E-state index contributed by atoms with van der Waals surface area (Å²) in [6.07, 6.45) is 1.88. The molecule has 0 N–H and O–H groups in total. The first-order valence-electron chi connectivity index (χ1n) is 11.0. The van der Waals surface area contributed by atoms with Crippen molar-refractivity contribution in [3.05, 3.63) is 47.3 Å². The fraction of sp³-hybridized carbons (Fsp3) is 0.652. The molecule has 2 saturated heterocycles. The van der Waals surface area contributed by atoms with Gasteiger partial charge in [-0.15, -0.1) is 0 Å². The normalized spacial score (nSPS) is 20.7. The molecule has 0 aromatic rings. The van der Waals surface area contributed by atoms with Gasteiger partial charge in [0.15, 0.2) is 0 Å². The van der Waals surface area contributed by atoms with Crippen LogP contribution in [0.25, 0.3) is 0 Å². The van der Waals surface area contributed by atoms with Crippen molar-refractivity contribution in [1.29, 1.82) is 0 Å². The van der Waals surface area contributed by atoms with Gasteiger partial charge >= 0.3 is 12.4 Å². The summed E-state index contributed by atoms with van der Waals surface area (Å²) < 4.78 is 76.7. The van der Waals surface area contributed by atoms with Crippen LogP contribution in [0.4, 0.5) is 26.3 Å². The quantitative estimate of drug-likeness (QED) is 0.231. The maximum atomic E-state index is 13.0. The van der Waals surface area contributed by atoms with Gasteiger partial charge in [-0.2, -0.15) is 26.3 Å². The maximum absolute atomic E-state index is 13.0. The molecule has 0 aromatic carbocycles. The minimum Gasteiger partial charge on any atom is -0.375 e. The Morgan fingerprint density at radius 1 is 0.742 bits per heavy atom. The minimum atomic E-state index is -4.46. The Labute approximate surface area is 181 Å². The predicted octanol–water partition coefficient (Wildman–Crippen LogP) is 7.13. The summed E-state index contributed by atoms with van der Waals surface area (Å²) in [5.74, 6) is 0. The number of hydrogen-bond donors (Lipinski definition) is 0. The lowest BCUT2D eigenvalue weighted by atomic mass is 10.0. The molecule has 2 fully saturated rings. The first kappa shape index (κ1) is 25.4. The van der Waals surface area contributed by atoms with Crippen LogP contribution in [0.2, 0.25) is 0 Å². The number of piperidine rings is 2. The van der Waals surface area contributed by atoms with Crippen LogP contribution in [0.15, 0.2) is 47.3 Å². The summed E-state index contributed by atoms with van der Waals surface area (Å²) in [5.41, 5.74) is 1.88. The predicted molar refractivity (Wildman–Crippen MR) is 111 cm³/mol. The molecular weight excluding hydrogens is 418 g/mol. The highest BCUT2D eigenvalue weighted by Crippen LogP contribution is 2.28. The van der Waals surface area contributed by atoms with Gasteiger partial charge in [-0.1, -0.05) is 13.0 Å². The van der Waals surface area contributed by atoms with Gasteiger partial charge in [-0.25, -0.2) is 0 Å². The van der Waals surface area contributed by atoms with E-state index < -0.39 is 12.4 Å². The van der Waals surface area contributed by atoms with Crippen molar-refractivity contribution >= 4 is 0 Å². The Kier molecular flexibility index (Phi) is 9.56. The zero-order valence-corrected chi connectivity index (χ0v) is 18.0. The van der Waals surface area contributed by atoms with Gasteiger partial charge in [-0.3, -0.25) is 0 Å². The summed E-state index contributed by atoms with van der Waals surface area (Å²) in [7, 11) is 0. The topological polar surface area (TPSA) is 6.48 Å². The summed E-state index contributed by atoms with van der Waals surface area (Å²) in [6, 6.07) is 0. The number of hydrogen-bond acceptors (Lipinski definition) is 2. The lowest BCUT2D eigenvalue weighted by molar-refractivity contribution is -0.0809. The van der Waals surface area contributed by atoms with Gasteiger partial charge in [0.2, 0.25) is 0 Å². The molecule has 0 bridgehead atoms. The van der Waals surface area contributed by atoms with Crippen LogP contribution in [-0.2, 0) is 0 Å². The number of nitrogens with zero attached hydrogens (tertiary/aromatic N) is 2. The third-order valence-electron chi connectivity index (χ3n) is 5.58. The molecule has 2 aliphatic rings. The number of likely N-dealkylation sites (tertiary alicyclic amines) is 2. The highest BCUT2D eigenvalue weighted by molar-refractivity contribution is 5.38. The van der Waals surface area contributed by atoms with Crippen LogP contribution in [0.3, 0.4) is 0 Å². The summed E-state index contributed by atoms with van der Waals surface area (Å²) in [4.78, 5) is 4.13. The van der Waals surface area contributed by atoms with Crippen LogP contribution in [0.1, 0.15) is 58.3 Å². The summed E-state index contributed by atoms with van der Waals surface area (Å²) >= 11 is 0. The van der Waals surface area contributed by atoms with E-state index in [1.165, 1.54) is 0 Å². The van der Waals surface area contributed by atoms with Crippen LogP contribution in [-0.4, -0.2) is 48.3 Å². The number of allylic oxidation sites excluding steroid dienone is 7. The van der Waals surface area contributed by atoms with E-state index in [1.807, 2.05) is 11.8 Å². The third kappa shape index (κ3) is 9.44. The molecular formula is C23H32F6N2. The Balaban J connectivity index is 2.46. The van der Waals surface area contributed by atoms with Gasteiger partial charge in [0.05, 0.1) is 0 Å². The van der Waals surface area contributed by atoms with Crippen molar-refractivity contribution in [2.45, 2.75) is 70.6 Å². The van der Waals surface area contributed by atoms with Crippen LogP contribution in [0, 0.1) is 0 Å². The Bertz CT molecular complexity index is 673. The molecule has 0 saturated carbocycles. The Hall–Kier alpha value is -1.86. The van der Waals surface area contributed by atoms with Crippen LogP contribution in [0.5, 0.6) is 0 Å². The van der Waals surface area contributed by atoms with Crippen molar-refractivity contribution in [2.24, 2.45) is 0 Å².